The van der Waals surface area contributed by atoms with Gasteiger partial charge in [0.05, 0.1) is 34.2 Å². The van der Waals surface area contributed by atoms with Crippen molar-refractivity contribution in [3.8, 4) is 0 Å². The molecular weight excluding hydrogens is 493 g/mol. The van der Waals surface area contributed by atoms with Gasteiger partial charge in [0.15, 0.2) is 0 Å². The molecule has 4 aliphatic carbocycles. The monoisotopic (exact) mass is 537 g/mol. The molecule has 4 aliphatic rings. The number of hydrogen-bond acceptors (Lipinski definition) is 7. The molecule has 10 heteroatoms. The van der Waals surface area contributed by atoms with Gasteiger partial charge in [-0.3, -0.25) is 4.79 Å². The molecule has 4 N–H and O–H groups in total. The number of amides is 1. The van der Waals surface area contributed by atoms with Crippen LogP contribution in [0.4, 0.5) is 0 Å². The topological polar surface area (TPSA) is 147 Å². The fourth-order valence-corrected chi connectivity index (χ4v) is 9.45. The van der Waals surface area contributed by atoms with Crippen LogP contribution in [0.3, 0.4) is 0 Å². The Hall–Kier alpha value is 0.260. The van der Waals surface area contributed by atoms with E-state index in [4.69, 9.17) is 0 Å². The van der Waals surface area contributed by atoms with E-state index in [1.165, 1.54) is 0 Å². The molecule has 0 radical (unpaired) electrons. The average Bonchev–Trinajstić information content (AvgIpc) is 3.12. The summed E-state index contributed by atoms with van der Waals surface area (Å²) in [5.41, 5.74) is -0.267. The standard InChI is InChI=1S/C26H45NO7S.Na/c1-15(4-7-23(31)27-10-11-35(32,33)34)18-5-6-19-24-20(14-22(30)26(18,19)3)25(2)9-8-17(28)12-16(25)13-21(24)29;/h15-22,24,28-30H,4-14H2,1-3H3,(H,27,31)(H,32,33,34);/q;+1/p-1/t15-,16?,17+,18?,19+,20-,21+,22-,24-,25+,26-;/m1./s1. The summed E-state index contributed by atoms with van der Waals surface area (Å²) in [5, 5.41) is 35.7. The van der Waals surface area contributed by atoms with Crippen molar-refractivity contribution < 1.29 is 62.6 Å². The maximum atomic E-state index is 12.2. The maximum absolute atomic E-state index is 12.2. The molecular formula is C26H44NNaO7S. The van der Waals surface area contributed by atoms with Crippen LogP contribution in [-0.2, 0) is 14.9 Å². The average molecular weight is 538 g/mol. The van der Waals surface area contributed by atoms with Crippen molar-refractivity contribution in [2.24, 2.45) is 46.3 Å². The predicted octanol–water partition coefficient (Wildman–Crippen LogP) is -0.970. The maximum Gasteiger partial charge on any atom is 1.00 e. The Balaban J connectivity index is 0.00000361. The molecule has 202 valence electrons. The van der Waals surface area contributed by atoms with Gasteiger partial charge in [-0.2, -0.15) is 0 Å². The molecule has 4 rings (SSSR count). The van der Waals surface area contributed by atoms with Crippen LogP contribution in [0.5, 0.6) is 0 Å². The summed E-state index contributed by atoms with van der Waals surface area (Å²) in [6, 6.07) is 0. The predicted molar refractivity (Wildman–Crippen MR) is 130 cm³/mol. The number of nitrogens with one attached hydrogen (secondary N) is 1. The number of hydrogen-bond donors (Lipinski definition) is 4. The second-order valence-electron chi connectivity index (χ2n) is 12.7. The third-order valence-corrected chi connectivity index (χ3v) is 11.7. The smallest absolute Gasteiger partial charge is 0.748 e. The second kappa shape index (κ2) is 11.4. The summed E-state index contributed by atoms with van der Waals surface area (Å²) in [5.74, 6) is 0.522. The van der Waals surface area contributed by atoms with Gasteiger partial charge in [-0.25, -0.2) is 8.42 Å². The molecule has 0 aromatic rings. The van der Waals surface area contributed by atoms with Crippen LogP contribution >= 0.6 is 0 Å². The summed E-state index contributed by atoms with van der Waals surface area (Å²) in [7, 11) is -4.35. The van der Waals surface area contributed by atoms with E-state index in [1.54, 1.807) is 0 Å². The van der Waals surface area contributed by atoms with E-state index in [0.29, 0.717) is 18.8 Å². The van der Waals surface area contributed by atoms with Gasteiger partial charge >= 0.3 is 29.6 Å². The first-order chi connectivity index (χ1) is 16.3. The van der Waals surface area contributed by atoms with Crippen molar-refractivity contribution >= 4 is 16.0 Å². The van der Waals surface area contributed by atoms with E-state index < -0.39 is 28.1 Å². The Labute approximate surface area is 238 Å². The molecule has 11 atom stereocenters. The van der Waals surface area contributed by atoms with Crippen LogP contribution in [0.15, 0.2) is 0 Å². The second-order valence-corrected chi connectivity index (χ2v) is 14.2. The molecule has 0 bridgehead atoms. The minimum absolute atomic E-state index is 0. The van der Waals surface area contributed by atoms with Crippen LogP contribution in [0, 0.1) is 46.3 Å². The summed E-state index contributed by atoms with van der Waals surface area (Å²) in [4.78, 5) is 12.2. The number of rotatable bonds is 7. The number of aliphatic hydroxyl groups is 3. The minimum atomic E-state index is -4.35. The molecule has 0 aliphatic heterocycles. The SMILES string of the molecule is C[C@H](CCC(=O)NCCS(=O)(=O)[O-])C1CC[C@H]2[C@@H]3[C@@H](C[C@@H](O)[C@]12C)[C@@]1(C)CC[C@H](O)CC1C[C@@H]3O.[Na+]. The van der Waals surface area contributed by atoms with Crippen molar-refractivity contribution in [1.29, 1.82) is 0 Å². The number of carbonyl (C=O) groups excluding carboxylic acids is 1. The van der Waals surface area contributed by atoms with Crippen molar-refractivity contribution in [2.45, 2.75) is 96.9 Å². The molecule has 0 heterocycles. The van der Waals surface area contributed by atoms with Crippen molar-refractivity contribution in [2.75, 3.05) is 12.3 Å². The van der Waals surface area contributed by atoms with E-state index in [0.717, 1.165) is 38.5 Å². The molecule has 0 spiro atoms. The van der Waals surface area contributed by atoms with Gasteiger partial charge in [0, 0.05) is 13.0 Å². The molecule has 0 aromatic heterocycles. The molecule has 4 saturated carbocycles. The van der Waals surface area contributed by atoms with E-state index in [2.05, 4.69) is 26.1 Å². The number of fused-ring (bicyclic) bond motifs is 5. The molecule has 1 amide bonds. The van der Waals surface area contributed by atoms with E-state index in [-0.39, 0.29) is 95.0 Å². The van der Waals surface area contributed by atoms with Gasteiger partial charge in [0.25, 0.3) is 0 Å². The molecule has 2 unspecified atom stereocenters. The number of carbonyl (C=O) groups is 1. The normalized spacial score (nSPS) is 45.0. The first-order valence-electron chi connectivity index (χ1n) is 13.5. The van der Waals surface area contributed by atoms with E-state index in [1.807, 2.05) is 0 Å². The van der Waals surface area contributed by atoms with Gasteiger partial charge in [-0.1, -0.05) is 20.8 Å². The third kappa shape index (κ3) is 5.74. The Bertz CT molecular complexity index is 903. The fourth-order valence-electron chi connectivity index (χ4n) is 9.10. The number of aliphatic hydroxyl groups excluding tert-OH is 3. The summed E-state index contributed by atoms with van der Waals surface area (Å²) in [6.45, 7) is 6.48. The van der Waals surface area contributed by atoms with Crippen LogP contribution in [-0.4, -0.2) is 64.8 Å². The quantitative estimate of drug-likeness (QED) is 0.241. The first kappa shape index (κ1) is 30.8. The van der Waals surface area contributed by atoms with Crippen LogP contribution in [0.2, 0.25) is 0 Å². The van der Waals surface area contributed by atoms with Gasteiger partial charge in [0.1, 0.15) is 0 Å². The molecule has 8 nitrogen and oxygen atoms in total. The van der Waals surface area contributed by atoms with Gasteiger partial charge < -0.3 is 25.2 Å². The van der Waals surface area contributed by atoms with E-state index in [9.17, 15) is 33.1 Å². The van der Waals surface area contributed by atoms with Crippen LogP contribution < -0.4 is 34.9 Å². The summed E-state index contributed by atoms with van der Waals surface area (Å²) < 4.78 is 32.2. The first-order valence-corrected chi connectivity index (χ1v) is 15.1. The van der Waals surface area contributed by atoms with E-state index >= 15 is 0 Å². The summed E-state index contributed by atoms with van der Waals surface area (Å²) in [6.07, 6.45) is 5.58. The third-order valence-electron chi connectivity index (χ3n) is 11.0. The van der Waals surface area contributed by atoms with Crippen LogP contribution in [0.1, 0.15) is 78.6 Å². The minimum Gasteiger partial charge on any atom is -0.748 e. The molecule has 4 fully saturated rings. The summed E-state index contributed by atoms with van der Waals surface area (Å²) >= 11 is 0. The fraction of sp³-hybridized carbons (Fsp3) is 0.962. The van der Waals surface area contributed by atoms with Gasteiger partial charge in [0.2, 0.25) is 5.91 Å². The largest absolute Gasteiger partial charge is 1.00 e. The van der Waals surface area contributed by atoms with Crippen molar-refractivity contribution in [3.05, 3.63) is 0 Å². The molecule has 36 heavy (non-hydrogen) atoms. The molecule has 0 aromatic carbocycles. The zero-order chi connectivity index (χ0) is 25.8. The van der Waals surface area contributed by atoms with Crippen molar-refractivity contribution in [3.63, 3.8) is 0 Å². The Morgan fingerprint density at radius 1 is 1.08 bits per heavy atom. The Morgan fingerprint density at radius 3 is 2.44 bits per heavy atom. The van der Waals surface area contributed by atoms with Crippen LogP contribution in [0.25, 0.3) is 0 Å². The van der Waals surface area contributed by atoms with Gasteiger partial charge in [-0.15, -0.1) is 0 Å². The Kier molecular flexibility index (Phi) is 9.75. The molecule has 0 saturated heterocycles. The zero-order valence-corrected chi connectivity index (χ0v) is 25.2. The Morgan fingerprint density at radius 2 is 1.78 bits per heavy atom. The zero-order valence-electron chi connectivity index (χ0n) is 22.4. The van der Waals surface area contributed by atoms with Gasteiger partial charge in [-0.05, 0) is 97.7 Å². The van der Waals surface area contributed by atoms with Crippen molar-refractivity contribution in [1.82, 2.24) is 5.32 Å².